The van der Waals surface area contributed by atoms with E-state index in [0.29, 0.717) is 5.82 Å². The first-order valence-corrected chi connectivity index (χ1v) is 5.21. The van der Waals surface area contributed by atoms with E-state index in [4.69, 9.17) is 0 Å². The zero-order valence-corrected chi connectivity index (χ0v) is 9.10. The van der Waals surface area contributed by atoms with E-state index in [1.165, 1.54) is 12.4 Å². The molecular weight excluding hydrogens is 192 g/mol. The third-order valence-corrected chi connectivity index (χ3v) is 2.08. The van der Waals surface area contributed by atoms with Gasteiger partial charge in [0, 0.05) is 6.07 Å². The van der Waals surface area contributed by atoms with Crippen LogP contribution in [0.15, 0.2) is 27.4 Å². The molecule has 0 aromatic carbocycles. The third-order valence-electron chi connectivity index (χ3n) is 2.08. The van der Waals surface area contributed by atoms with Crippen molar-refractivity contribution in [3.8, 4) is 0 Å². The summed E-state index contributed by atoms with van der Waals surface area (Å²) in [5.74, 6) is 0.369. The van der Waals surface area contributed by atoms with E-state index in [9.17, 15) is 4.79 Å². The van der Waals surface area contributed by atoms with Gasteiger partial charge in [-0.2, -0.15) is 5.11 Å². The van der Waals surface area contributed by atoms with E-state index in [1.807, 2.05) is 0 Å². The number of rotatable bonds is 5. The first kappa shape index (κ1) is 11.6. The second kappa shape index (κ2) is 6.06. The number of nitrogens with zero attached hydrogens (tertiary/aromatic N) is 3. The fourth-order valence-corrected chi connectivity index (χ4v) is 1.23. The van der Waals surface area contributed by atoms with Gasteiger partial charge in [-0.15, -0.1) is 5.11 Å². The molecule has 1 atom stereocenters. The van der Waals surface area contributed by atoms with Crippen LogP contribution in [-0.4, -0.2) is 16.0 Å². The molecule has 0 saturated heterocycles. The highest BCUT2D eigenvalue weighted by atomic mass is 16.1. The molecule has 1 aromatic rings. The number of azo groups is 1. The van der Waals surface area contributed by atoms with Crippen molar-refractivity contribution in [2.75, 3.05) is 0 Å². The van der Waals surface area contributed by atoms with E-state index in [1.54, 1.807) is 0 Å². The van der Waals surface area contributed by atoms with Gasteiger partial charge in [-0.05, 0) is 12.8 Å². The number of hydrogen-bond acceptors (Lipinski definition) is 4. The lowest BCUT2D eigenvalue weighted by atomic mass is 10.1. The Labute approximate surface area is 88.7 Å². The molecule has 0 spiro atoms. The van der Waals surface area contributed by atoms with Crippen molar-refractivity contribution >= 4 is 5.82 Å². The molecule has 1 heterocycles. The highest BCUT2D eigenvalue weighted by molar-refractivity contribution is 5.21. The molecule has 1 rings (SSSR count). The van der Waals surface area contributed by atoms with Crippen LogP contribution >= 0.6 is 0 Å². The normalized spacial score (nSPS) is 13.2. The molecule has 0 saturated carbocycles. The van der Waals surface area contributed by atoms with Gasteiger partial charge < -0.3 is 4.98 Å². The summed E-state index contributed by atoms with van der Waals surface area (Å²) < 4.78 is 0. The Morgan fingerprint density at radius 1 is 1.53 bits per heavy atom. The van der Waals surface area contributed by atoms with Crippen LogP contribution in [0, 0.1) is 0 Å². The standard InChI is InChI=1S/C10H16N4O/c1-3-5-8(4-2)13-14-9-6-10(15)12-7-11-9/h6-8H,3-5H2,1-2H3,(H,11,12,15). The van der Waals surface area contributed by atoms with E-state index in [-0.39, 0.29) is 11.6 Å². The van der Waals surface area contributed by atoms with Gasteiger partial charge in [-0.3, -0.25) is 4.79 Å². The van der Waals surface area contributed by atoms with Gasteiger partial charge in [-0.25, -0.2) is 4.98 Å². The van der Waals surface area contributed by atoms with Crippen molar-refractivity contribution in [3.63, 3.8) is 0 Å². The Morgan fingerprint density at radius 3 is 2.93 bits per heavy atom. The summed E-state index contributed by atoms with van der Waals surface area (Å²) in [4.78, 5) is 17.3. The number of H-pyrrole nitrogens is 1. The van der Waals surface area contributed by atoms with Gasteiger partial charge in [0.25, 0.3) is 5.56 Å². The van der Waals surface area contributed by atoms with Crippen molar-refractivity contribution < 1.29 is 0 Å². The molecule has 82 valence electrons. The monoisotopic (exact) mass is 208 g/mol. The molecule has 0 radical (unpaired) electrons. The Balaban J connectivity index is 2.67. The van der Waals surface area contributed by atoms with Crippen LogP contribution in [-0.2, 0) is 0 Å². The third kappa shape index (κ3) is 4.01. The van der Waals surface area contributed by atoms with Crippen molar-refractivity contribution in [1.29, 1.82) is 0 Å². The van der Waals surface area contributed by atoms with Crippen LogP contribution in [0.4, 0.5) is 5.82 Å². The summed E-state index contributed by atoms with van der Waals surface area (Å²) in [6.07, 6.45) is 4.39. The van der Waals surface area contributed by atoms with Crippen molar-refractivity contribution in [3.05, 3.63) is 22.7 Å². The molecule has 5 nitrogen and oxygen atoms in total. The molecule has 15 heavy (non-hydrogen) atoms. The van der Waals surface area contributed by atoms with Crippen LogP contribution in [0.2, 0.25) is 0 Å². The largest absolute Gasteiger partial charge is 0.313 e. The molecule has 5 heteroatoms. The summed E-state index contributed by atoms with van der Waals surface area (Å²) in [6.45, 7) is 4.19. The van der Waals surface area contributed by atoms with Gasteiger partial charge in [-0.1, -0.05) is 20.3 Å². The minimum absolute atomic E-state index is 0.206. The van der Waals surface area contributed by atoms with Crippen LogP contribution in [0.1, 0.15) is 33.1 Å². The minimum Gasteiger partial charge on any atom is -0.313 e. The summed E-state index contributed by atoms with van der Waals surface area (Å²) >= 11 is 0. The maximum absolute atomic E-state index is 10.9. The zero-order valence-electron chi connectivity index (χ0n) is 9.10. The maximum Gasteiger partial charge on any atom is 0.252 e. The maximum atomic E-state index is 10.9. The van der Waals surface area contributed by atoms with Crippen LogP contribution in [0.5, 0.6) is 0 Å². The average molecular weight is 208 g/mol. The van der Waals surface area contributed by atoms with Gasteiger partial charge in [0.1, 0.15) is 0 Å². The molecule has 0 aliphatic heterocycles. The second-order valence-corrected chi connectivity index (χ2v) is 3.34. The molecule has 1 unspecified atom stereocenters. The zero-order chi connectivity index (χ0) is 11.1. The first-order valence-electron chi connectivity index (χ1n) is 5.21. The fraction of sp³-hybridized carbons (Fsp3) is 0.600. The molecular formula is C10H16N4O. The van der Waals surface area contributed by atoms with Crippen LogP contribution in [0.3, 0.4) is 0 Å². The Bertz CT molecular complexity index is 372. The SMILES string of the molecule is CCCC(CC)N=Nc1cc(=O)[nH]cn1. The lowest BCUT2D eigenvalue weighted by Crippen LogP contribution is -2.03. The van der Waals surface area contributed by atoms with E-state index in [0.717, 1.165) is 19.3 Å². The fourth-order valence-electron chi connectivity index (χ4n) is 1.23. The Kier molecular flexibility index (Phi) is 4.66. The van der Waals surface area contributed by atoms with E-state index >= 15 is 0 Å². The Morgan fingerprint density at radius 2 is 2.33 bits per heavy atom. The quantitative estimate of drug-likeness (QED) is 0.755. The lowest BCUT2D eigenvalue weighted by Gasteiger charge is -2.04. The van der Waals surface area contributed by atoms with Crippen LogP contribution < -0.4 is 5.56 Å². The topological polar surface area (TPSA) is 70.5 Å². The predicted octanol–water partition coefficient (Wildman–Crippen LogP) is 2.43. The summed E-state index contributed by atoms with van der Waals surface area (Å²) in [7, 11) is 0. The predicted molar refractivity (Wildman–Crippen MR) is 58.4 cm³/mol. The number of aromatic nitrogens is 2. The molecule has 0 aliphatic carbocycles. The van der Waals surface area contributed by atoms with Gasteiger partial charge in [0.05, 0.1) is 12.4 Å². The molecule has 1 aromatic heterocycles. The molecule has 0 amide bonds. The number of aromatic amines is 1. The summed E-state index contributed by atoms with van der Waals surface area (Å²) in [6, 6.07) is 1.57. The molecule has 0 bridgehead atoms. The van der Waals surface area contributed by atoms with Gasteiger partial charge in [0.2, 0.25) is 0 Å². The van der Waals surface area contributed by atoms with Crippen molar-refractivity contribution in [2.45, 2.75) is 39.2 Å². The molecule has 0 fully saturated rings. The van der Waals surface area contributed by atoms with Crippen molar-refractivity contribution in [2.24, 2.45) is 10.2 Å². The van der Waals surface area contributed by atoms with E-state index < -0.39 is 0 Å². The highest BCUT2D eigenvalue weighted by Gasteiger charge is 2.02. The Hall–Kier alpha value is -1.52. The lowest BCUT2D eigenvalue weighted by molar-refractivity contribution is 0.566. The molecule has 1 N–H and O–H groups in total. The number of hydrogen-bond donors (Lipinski definition) is 1. The van der Waals surface area contributed by atoms with Gasteiger partial charge >= 0.3 is 0 Å². The van der Waals surface area contributed by atoms with Crippen LogP contribution in [0.25, 0.3) is 0 Å². The van der Waals surface area contributed by atoms with Crippen molar-refractivity contribution in [1.82, 2.24) is 9.97 Å². The smallest absolute Gasteiger partial charge is 0.252 e. The second-order valence-electron chi connectivity index (χ2n) is 3.34. The first-order chi connectivity index (χ1) is 7.26. The summed E-state index contributed by atoms with van der Waals surface area (Å²) in [5.41, 5.74) is -0.206. The highest BCUT2D eigenvalue weighted by Crippen LogP contribution is 2.10. The molecule has 0 aliphatic rings. The van der Waals surface area contributed by atoms with Gasteiger partial charge in [0.15, 0.2) is 5.82 Å². The minimum atomic E-state index is -0.206. The number of nitrogens with one attached hydrogen (secondary N) is 1. The van der Waals surface area contributed by atoms with E-state index in [2.05, 4.69) is 34.0 Å². The summed E-state index contributed by atoms with van der Waals surface area (Å²) in [5, 5.41) is 8.10. The average Bonchev–Trinajstić information content (AvgIpc) is 2.24.